The lowest BCUT2D eigenvalue weighted by molar-refractivity contribution is 0.361. The van der Waals surface area contributed by atoms with Crippen molar-refractivity contribution in [3.05, 3.63) is 42.1 Å². The quantitative estimate of drug-likeness (QED) is 0.688. The molecule has 4 heteroatoms. The molecule has 1 aliphatic rings. The number of benzene rings is 1. The van der Waals surface area contributed by atoms with Crippen molar-refractivity contribution in [3.63, 3.8) is 0 Å². The number of likely N-dealkylation sites (N-methyl/N-ethyl adjacent to an activating group) is 1. The Labute approximate surface area is 140 Å². The predicted molar refractivity (Wildman–Crippen MR) is 99.6 cm³/mol. The van der Waals surface area contributed by atoms with Crippen molar-refractivity contribution in [1.82, 2.24) is 10.2 Å². The van der Waals surface area contributed by atoms with Crippen molar-refractivity contribution in [2.24, 2.45) is 0 Å². The molecule has 1 aromatic carbocycles. The highest BCUT2D eigenvalue weighted by Crippen LogP contribution is 2.15. The van der Waals surface area contributed by atoms with Crippen LogP contribution in [0.1, 0.15) is 32.3 Å². The molecule has 126 valence electrons. The van der Waals surface area contributed by atoms with E-state index >= 15 is 0 Å². The minimum atomic E-state index is 0.611. The van der Waals surface area contributed by atoms with Gasteiger partial charge in [0.1, 0.15) is 0 Å². The molecule has 1 heterocycles. The fraction of sp³-hybridized carbons (Fsp3) is 0.526. The summed E-state index contributed by atoms with van der Waals surface area (Å²) < 4.78 is 0. The largest absolute Gasteiger partial charge is 0.386 e. The van der Waals surface area contributed by atoms with Crippen LogP contribution < -0.4 is 10.2 Å². The summed E-state index contributed by atoms with van der Waals surface area (Å²) in [5.41, 5.74) is 3.93. The average Bonchev–Trinajstić information content (AvgIpc) is 3.04. The van der Waals surface area contributed by atoms with Crippen LogP contribution in [0.4, 0.5) is 5.69 Å². The summed E-state index contributed by atoms with van der Waals surface area (Å²) in [6.45, 7) is 14.4. The molecule has 0 spiro atoms. The SMILES string of the molecule is C=C(CN1CCCC1)NCCN(CC)c1ccc(C(C)=N)cc1. The van der Waals surface area contributed by atoms with E-state index in [-0.39, 0.29) is 0 Å². The van der Waals surface area contributed by atoms with Gasteiger partial charge in [-0.2, -0.15) is 0 Å². The van der Waals surface area contributed by atoms with Gasteiger partial charge < -0.3 is 15.6 Å². The van der Waals surface area contributed by atoms with Gasteiger partial charge >= 0.3 is 0 Å². The number of hydrogen-bond donors (Lipinski definition) is 2. The van der Waals surface area contributed by atoms with Crippen LogP contribution in [0.2, 0.25) is 0 Å². The van der Waals surface area contributed by atoms with Crippen LogP contribution in [0.15, 0.2) is 36.5 Å². The minimum Gasteiger partial charge on any atom is -0.386 e. The molecule has 0 unspecified atom stereocenters. The lowest BCUT2D eigenvalue weighted by Crippen LogP contribution is -2.34. The number of anilines is 1. The van der Waals surface area contributed by atoms with Crippen LogP contribution >= 0.6 is 0 Å². The predicted octanol–water partition coefficient (Wildman–Crippen LogP) is 3.10. The highest BCUT2D eigenvalue weighted by Gasteiger charge is 2.12. The number of rotatable bonds is 9. The first-order valence-electron chi connectivity index (χ1n) is 8.64. The van der Waals surface area contributed by atoms with Gasteiger partial charge in [0.05, 0.1) is 0 Å². The van der Waals surface area contributed by atoms with Crippen LogP contribution in [0, 0.1) is 5.41 Å². The minimum absolute atomic E-state index is 0.611. The molecule has 1 fully saturated rings. The molecular weight excluding hydrogens is 284 g/mol. The van der Waals surface area contributed by atoms with Gasteiger partial charge in [0.25, 0.3) is 0 Å². The van der Waals surface area contributed by atoms with Gasteiger partial charge in [0, 0.05) is 43.3 Å². The molecule has 2 N–H and O–H groups in total. The number of nitrogens with one attached hydrogen (secondary N) is 2. The summed E-state index contributed by atoms with van der Waals surface area (Å²) in [6, 6.07) is 8.27. The Morgan fingerprint density at radius 1 is 1.26 bits per heavy atom. The van der Waals surface area contributed by atoms with Crippen LogP contribution in [-0.4, -0.2) is 49.9 Å². The van der Waals surface area contributed by atoms with E-state index in [1.54, 1.807) is 0 Å². The summed E-state index contributed by atoms with van der Waals surface area (Å²) in [6.07, 6.45) is 2.64. The molecule has 0 saturated carbocycles. The molecule has 1 aliphatic heterocycles. The van der Waals surface area contributed by atoms with Crippen molar-refractivity contribution in [2.75, 3.05) is 44.2 Å². The number of hydrogen-bond acceptors (Lipinski definition) is 4. The van der Waals surface area contributed by atoms with Crippen LogP contribution in [0.25, 0.3) is 0 Å². The van der Waals surface area contributed by atoms with Gasteiger partial charge in [-0.15, -0.1) is 0 Å². The Morgan fingerprint density at radius 2 is 1.91 bits per heavy atom. The normalized spacial score (nSPS) is 14.7. The van der Waals surface area contributed by atoms with Crippen molar-refractivity contribution < 1.29 is 0 Å². The fourth-order valence-corrected chi connectivity index (χ4v) is 3.03. The van der Waals surface area contributed by atoms with E-state index in [4.69, 9.17) is 5.41 Å². The Morgan fingerprint density at radius 3 is 2.48 bits per heavy atom. The van der Waals surface area contributed by atoms with Crippen LogP contribution in [0.3, 0.4) is 0 Å². The molecule has 1 saturated heterocycles. The van der Waals surface area contributed by atoms with Gasteiger partial charge in [-0.1, -0.05) is 18.7 Å². The van der Waals surface area contributed by atoms with Crippen molar-refractivity contribution >= 4 is 11.4 Å². The lowest BCUT2D eigenvalue weighted by Gasteiger charge is -2.25. The van der Waals surface area contributed by atoms with Gasteiger partial charge in [-0.25, -0.2) is 0 Å². The van der Waals surface area contributed by atoms with E-state index in [1.165, 1.54) is 31.6 Å². The first kappa shape index (κ1) is 17.5. The van der Waals surface area contributed by atoms with E-state index in [9.17, 15) is 0 Å². The van der Waals surface area contributed by atoms with Gasteiger partial charge in [0.15, 0.2) is 0 Å². The Bertz CT molecular complexity index is 515. The van der Waals surface area contributed by atoms with E-state index in [2.05, 4.69) is 40.8 Å². The molecule has 0 radical (unpaired) electrons. The maximum atomic E-state index is 7.67. The molecule has 2 rings (SSSR count). The maximum Gasteiger partial charge on any atom is 0.0375 e. The second-order valence-corrected chi connectivity index (χ2v) is 6.27. The molecule has 0 bridgehead atoms. The van der Waals surface area contributed by atoms with Gasteiger partial charge in [-0.3, -0.25) is 4.90 Å². The van der Waals surface area contributed by atoms with Crippen LogP contribution in [0.5, 0.6) is 0 Å². The lowest BCUT2D eigenvalue weighted by atomic mass is 10.1. The second kappa shape index (κ2) is 8.73. The highest BCUT2D eigenvalue weighted by atomic mass is 15.2. The van der Waals surface area contributed by atoms with E-state index in [0.717, 1.165) is 37.4 Å². The molecule has 23 heavy (non-hydrogen) atoms. The average molecular weight is 314 g/mol. The summed E-state index contributed by atoms with van der Waals surface area (Å²) in [5, 5.41) is 11.1. The Kier molecular flexibility index (Phi) is 6.66. The van der Waals surface area contributed by atoms with Gasteiger partial charge in [-0.05, 0) is 57.5 Å². The topological polar surface area (TPSA) is 42.4 Å². The first-order chi connectivity index (χ1) is 11.1. The zero-order valence-corrected chi connectivity index (χ0v) is 14.6. The standard InChI is InChI=1S/C19H30N4/c1-4-23(19-9-7-18(8-10-19)17(3)20)14-11-21-16(2)15-22-12-5-6-13-22/h7-10,20-21H,2,4-6,11-15H2,1,3H3. The maximum absolute atomic E-state index is 7.67. The fourth-order valence-electron chi connectivity index (χ4n) is 3.03. The zero-order valence-electron chi connectivity index (χ0n) is 14.6. The molecule has 4 nitrogen and oxygen atoms in total. The monoisotopic (exact) mass is 314 g/mol. The van der Waals surface area contributed by atoms with E-state index < -0.39 is 0 Å². The first-order valence-corrected chi connectivity index (χ1v) is 8.64. The molecule has 1 aromatic rings. The molecule has 0 amide bonds. The summed E-state index contributed by atoms with van der Waals surface area (Å²) in [7, 11) is 0. The van der Waals surface area contributed by atoms with Crippen LogP contribution in [-0.2, 0) is 0 Å². The smallest absolute Gasteiger partial charge is 0.0375 e. The number of nitrogens with zero attached hydrogens (tertiary/aromatic N) is 2. The summed E-state index contributed by atoms with van der Waals surface area (Å²) in [4.78, 5) is 4.81. The Hall–Kier alpha value is -1.81. The molecule has 0 atom stereocenters. The third-order valence-electron chi connectivity index (χ3n) is 4.42. The third-order valence-corrected chi connectivity index (χ3v) is 4.42. The molecular formula is C19H30N4. The van der Waals surface area contributed by atoms with E-state index in [1.807, 2.05) is 19.1 Å². The molecule has 0 aliphatic carbocycles. The van der Waals surface area contributed by atoms with Crippen molar-refractivity contribution in [1.29, 1.82) is 5.41 Å². The van der Waals surface area contributed by atoms with Crippen molar-refractivity contribution in [2.45, 2.75) is 26.7 Å². The summed E-state index contributed by atoms with van der Waals surface area (Å²) in [5.74, 6) is 0. The van der Waals surface area contributed by atoms with E-state index in [0.29, 0.717) is 5.71 Å². The molecule has 0 aromatic heterocycles. The number of likely N-dealkylation sites (tertiary alicyclic amines) is 1. The van der Waals surface area contributed by atoms with Crippen molar-refractivity contribution in [3.8, 4) is 0 Å². The highest BCUT2D eigenvalue weighted by molar-refractivity contribution is 5.96. The second-order valence-electron chi connectivity index (χ2n) is 6.27. The summed E-state index contributed by atoms with van der Waals surface area (Å²) >= 11 is 0. The Balaban J connectivity index is 1.77. The third kappa shape index (κ3) is 5.39. The van der Waals surface area contributed by atoms with Gasteiger partial charge in [0.2, 0.25) is 0 Å². The zero-order chi connectivity index (χ0) is 16.7.